The summed E-state index contributed by atoms with van der Waals surface area (Å²) in [7, 11) is 0. The van der Waals surface area contributed by atoms with E-state index >= 15 is 0 Å². The molecular weight excluding hydrogens is 230 g/mol. The van der Waals surface area contributed by atoms with Crippen molar-refractivity contribution in [2.75, 3.05) is 6.54 Å². The maximum absolute atomic E-state index is 11.3. The maximum atomic E-state index is 11.3. The van der Waals surface area contributed by atoms with Gasteiger partial charge in [-0.1, -0.05) is 25.1 Å². The van der Waals surface area contributed by atoms with Crippen LogP contribution >= 0.6 is 0 Å². The van der Waals surface area contributed by atoms with Crippen molar-refractivity contribution in [3.8, 4) is 5.75 Å². The van der Waals surface area contributed by atoms with E-state index in [1.807, 2.05) is 44.2 Å². The number of likely N-dealkylation sites (N-methyl/N-ethyl adjacent to an activating group) is 1. The lowest BCUT2D eigenvalue weighted by molar-refractivity contribution is -0.145. The smallest absolute Gasteiger partial charge is 0.323 e. The SMILES string of the molecule is CCNC(C)(CC(C)Oc1ccccc1)C(=O)O. The number of aliphatic carboxylic acids is 1. The van der Waals surface area contributed by atoms with Crippen LogP contribution in [0.25, 0.3) is 0 Å². The first-order valence-electron chi connectivity index (χ1n) is 6.18. The van der Waals surface area contributed by atoms with Gasteiger partial charge in [0.1, 0.15) is 11.3 Å². The summed E-state index contributed by atoms with van der Waals surface area (Å²) in [6.45, 7) is 6.07. The lowest BCUT2D eigenvalue weighted by Crippen LogP contribution is -2.51. The molecule has 100 valence electrons. The first-order chi connectivity index (χ1) is 8.48. The van der Waals surface area contributed by atoms with Gasteiger partial charge in [-0.05, 0) is 32.5 Å². The third kappa shape index (κ3) is 4.04. The molecule has 0 amide bonds. The van der Waals surface area contributed by atoms with Crippen LogP contribution in [0.1, 0.15) is 27.2 Å². The van der Waals surface area contributed by atoms with E-state index in [4.69, 9.17) is 4.74 Å². The fourth-order valence-electron chi connectivity index (χ4n) is 1.97. The molecule has 18 heavy (non-hydrogen) atoms. The zero-order valence-corrected chi connectivity index (χ0v) is 11.1. The Labute approximate surface area is 108 Å². The van der Waals surface area contributed by atoms with Crippen LogP contribution in [0.2, 0.25) is 0 Å². The molecule has 2 N–H and O–H groups in total. The molecule has 0 aliphatic heterocycles. The Morgan fingerprint density at radius 1 is 1.44 bits per heavy atom. The van der Waals surface area contributed by atoms with Crippen molar-refractivity contribution < 1.29 is 14.6 Å². The van der Waals surface area contributed by atoms with Crippen LogP contribution in [-0.4, -0.2) is 29.3 Å². The van der Waals surface area contributed by atoms with E-state index in [-0.39, 0.29) is 6.10 Å². The fraction of sp³-hybridized carbons (Fsp3) is 0.500. The Morgan fingerprint density at radius 2 is 2.06 bits per heavy atom. The number of hydrogen-bond acceptors (Lipinski definition) is 3. The van der Waals surface area contributed by atoms with E-state index < -0.39 is 11.5 Å². The van der Waals surface area contributed by atoms with Crippen LogP contribution in [0.4, 0.5) is 0 Å². The highest BCUT2D eigenvalue weighted by Gasteiger charge is 2.34. The van der Waals surface area contributed by atoms with Gasteiger partial charge in [0.15, 0.2) is 0 Å². The molecule has 1 aromatic carbocycles. The van der Waals surface area contributed by atoms with Crippen LogP contribution in [0, 0.1) is 0 Å². The Morgan fingerprint density at radius 3 is 2.56 bits per heavy atom. The van der Waals surface area contributed by atoms with Crippen molar-refractivity contribution in [2.45, 2.75) is 38.8 Å². The highest BCUT2D eigenvalue weighted by atomic mass is 16.5. The molecule has 0 saturated carbocycles. The monoisotopic (exact) mass is 251 g/mol. The van der Waals surface area contributed by atoms with E-state index in [9.17, 15) is 9.90 Å². The van der Waals surface area contributed by atoms with Gasteiger partial charge >= 0.3 is 5.97 Å². The van der Waals surface area contributed by atoms with Gasteiger partial charge in [-0.25, -0.2) is 0 Å². The molecule has 0 saturated heterocycles. The van der Waals surface area contributed by atoms with E-state index in [1.165, 1.54) is 0 Å². The van der Waals surface area contributed by atoms with Gasteiger partial charge < -0.3 is 15.2 Å². The van der Waals surface area contributed by atoms with Crippen LogP contribution in [0.5, 0.6) is 5.75 Å². The Hall–Kier alpha value is -1.55. The highest BCUT2D eigenvalue weighted by Crippen LogP contribution is 2.18. The minimum absolute atomic E-state index is 0.174. The predicted octanol–water partition coefficient (Wildman–Crippen LogP) is 2.30. The second-order valence-corrected chi connectivity index (χ2v) is 4.61. The number of para-hydroxylation sites is 1. The molecule has 4 nitrogen and oxygen atoms in total. The molecule has 2 atom stereocenters. The molecule has 0 spiro atoms. The van der Waals surface area contributed by atoms with Crippen LogP contribution in [0.15, 0.2) is 30.3 Å². The molecule has 1 aromatic rings. The third-order valence-electron chi connectivity index (χ3n) is 2.82. The van der Waals surface area contributed by atoms with Crippen molar-refractivity contribution in [1.29, 1.82) is 0 Å². The first kappa shape index (κ1) is 14.5. The number of rotatable bonds is 7. The molecule has 0 aliphatic carbocycles. The van der Waals surface area contributed by atoms with Gasteiger partial charge in [0.2, 0.25) is 0 Å². The number of nitrogens with one attached hydrogen (secondary N) is 1. The zero-order valence-electron chi connectivity index (χ0n) is 11.1. The summed E-state index contributed by atoms with van der Waals surface area (Å²) in [6.07, 6.45) is 0.234. The molecular formula is C14H21NO3. The molecule has 0 aliphatic rings. The molecule has 4 heteroatoms. The summed E-state index contributed by atoms with van der Waals surface area (Å²) in [6, 6.07) is 9.42. The molecule has 2 unspecified atom stereocenters. The normalized spacial score (nSPS) is 15.7. The van der Waals surface area contributed by atoms with Gasteiger partial charge in [0.05, 0.1) is 6.10 Å². The summed E-state index contributed by atoms with van der Waals surface area (Å²) in [5, 5.41) is 12.3. The second kappa shape index (κ2) is 6.40. The Balaban J connectivity index is 2.62. The van der Waals surface area contributed by atoms with Crippen molar-refractivity contribution in [3.05, 3.63) is 30.3 Å². The molecule has 0 fully saturated rings. The van der Waals surface area contributed by atoms with Crippen molar-refractivity contribution in [2.24, 2.45) is 0 Å². The van der Waals surface area contributed by atoms with Crippen molar-refractivity contribution in [3.63, 3.8) is 0 Å². The predicted molar refractivity (Wildman–Crippen MR) is 70.9 cm³/mol. The number of hydrogen-bond donors (Lipinski definition) is 2. The van der Waals surface area contributed by atoms with E-state index in [2.05, 4.69) is 5.32 Å². The Kier molecular flexibility index (Phi) is 5.16. The number of carboxylic acid groups (broad SMARTS) is 1. The average Bonchev–Trinajstić information content (AvgIpc) is 2.30. The lowest BCUT2D eigenvalue weighted by Gasteiger charge is -2.29. The second-order valence-electron chi connectivity index (χ2n) is 4.61. The summed E-state index contributed by atoms with van der Waals surface area (Å²) in [5.41, 5.74) is -0.955. The summed E-state index contributed by atoms with van der Waals surface area (Å²) < 4.78 is 5.70. The summed E-state index contributed by atoms with van der Waals surface area (Å²) >= 11 is 0. The largest absolute Gasteiger partial charge is 0.491 e. The van der Waals surface area contributed by atoms with E-state index in [0.29, 0.717) is 13.0 Å². The van der Waals surface area contributed by atoms with Gasteiger partial charge in [0, 0.05) is 6.42 Å². The van der Waals surface area contributed by atoms with Crippen LogP contribution < -0.4 is 10.1 Å². The molecule has 1 rings (SSSR count). The quantitative estimate of drug-likeness (QED) is 0.780. The number of ether oxygens (including phenoxy) is 1. The molecule has 0 aromatic heterocycles. The van der Waals surface area contributed by atoms with Crippen molar-refractivity contribution >= 4 is 5.97 Å². The summed E-state index contributed by atoms with van der Waals surface area (Å²) in [4.78, 5) is 11.3. The highest BCUT2D eigenvalue weighted by molar-refractivity contribution is 5.78. The lowest BCUT2D eigenvalue weighted by atomic mass is 9.95. The van der Waals surface area contributed by atoms with Crippen molar-refractivity contribution in [1.82, 2.24) is 5.32 Å². The molecule has 0 radical (unpaired) electrons. The van der Waals surface area contributed by atoms with Gasteiger partial charge in [0.25, 0.3) is 0 Å². The molecule has 0 heterocycles. The standard InChI is InChI=1S/C14H21NO3/c1-4-15-14(3,13(16)17)10-11(2)18-12-8-6-5-7-9-12/h5-9,11,15H,4,10H2,1-3H3,(H,16,17). The topological polar surface area (TPSA) is 58.6 Å². The summed E-state index contributed by atoms with van der Waals surface area (Å²) in [5.74, 6) is -0.0953. The van der Waals surface area contributed by atoms with Gasteiger partial charge in [-0.2, -0.15) is 0 Å². The maximum Gasteiger partial charge on any atom is 0.323 e. The number of benzene rings is 1. The third-order valence-corrected chi connectivity index (χ3v) is 2.82. The van der Waals surface area contributed by atoms with E-state index in [0.717, 1.165) is 5.75 Å². The first-order valence-corrected chi connectivity index (χ1v) is 6.18. The Bertz CT molecular complexity index is 380. The average molecular weight is 251 g/mol. The molecule has 0 bridgehead atoms. The minimum Gasteiger partial charge on any atom is -0.491 e. The van der Waals surface area contributed by atoms with E-state index in [1.54, 1.807) is 6.92 Å². The fourth-order valence-corrected chi connectivity index (χ4v) is 1.97. The minimum atomic E-state index is -0.955. The van der Waals surface area contributed by atoms with Gasteiger partial charge in [-0.15, -0.1) is 0 Å². The number of carboxylic acids is 1. The van der Waals surface area contributed by atoms with Crippen LogP contribution in [0.3, 0.4) is 0 Å². The van der Waals surface area contributed by atoms with Crippen LogP contribution in [-0.2, 0) is 4.79 Å². The zero-order chi connectivity index (χ0) is 13.6. The number of carbonyl (C=O) groups is 1. The van der Waals surface area contributed by atoms with Gasteiger partial charge in [-0.3, -0.25) is 4.79 Å².